The number of carboxylic acids is 1. The summed E-state index contributed by atoms with van der Waals surface area (Å²) in [5.74, 6) is 0.478. The van der Waals surface area contributed by atoms with E-state index in [1.165, 1.54) is 31.9 Å². The molecule has 2 aromatic carbocycles. The van der Waals surface area contributed by atoms with Crippen LogP contribution in [-0.2, 0) is 29.0 Å². The molecular formula is C29H35N3O4. The molecule has 7 heteroatoms. The van der Waals surface area contributed by atoms with Crippen molar-refractivity contribution in [2.24, 2.45) is 0 Å². The highest BCUT2D eigenvalue weighted by Crippen LogP contribution is 2.38. The molecule has 1 aliphatic heterocycles. The van der Waals surface area contributed by atoms with Gasteiger partial charge in [-0.15, -0.1) is 0 Å². The molecule has 7 nitrogen and oxygen atoms in total. The Hall–Kier alpha value is -3.35. The first kappa shape index (κ1) is 24.3. The number of carboxylic acid groups (broad SMARTS) is 1. The summed E-state index contributed by atoms with van der Waals surface area (Å²) in [5, 5.41) is 9.78. The minimum absolute atomic E-state index is 0.0652. The molecule has 1 amide bonds. The van der Waals surface area contributed by atoms with Crippen molar-refractivity contribution < 1.29 is 19.4 Å². The molecule has 0 unspecified atom stereocenters. The van der Waals surface area contributed by atoms with Gasteiger partial charge in [0.05, 0.1) is 31.1 Å². The van der Waals surface area contributed by atoms with Crippen LogP contribution in [0.25, 0.3) is 11.0 Å². The second kappa shape index (κ2) is 10.3. The maximum Gasteiger partial charge on any atom is 0.409 e. The van der Waals surface area contributed by atoms with Crippen molar-refractivity contribution in [2.45, 2.75) is 76.8 Å². The summed E-state index contributed by atoms with van der Waals surface area (Å²) in [4.78, 5) is 31.2. The zero-order chi connectivity index (χ0) is 25.2. The van der Waals surface area contributed by atoms with E-state index in [-0.39, 0.29) is 18.4 Å². The highest BCUT2D eigenvalue weighted by molar-refractivity contribution is 5.82. The maximum atomic E-state index is 12.3. The second-order valence-electron chi connectivity index (χ2n) is 10.3. The standard InChI is InChI=1S/C29H35N3O4/c1-19-8-6-7-11-23(19)22(16-26(33)34)17-32-25-13-12-20-14-15-31(29(35)36-2)18-24(20)27(25)30-28(32)21-9-4-3-5-10-21/h6-8,11-13,21-22H,3-5,9-10,14-18H2,1-2H3,(H,33,34)/t22-/m1/s1. The molecule has 2 aliphatic rings. The minimum Gasteiger partial charge on any atom is -0.481 e. The van der Waals surface area contributed by atoms with Gasteiger partial charge in [0, 0.05) is 30.5 Å². The summed E-state index contributed by atoms with van der Waals surface area (Å²) in [6.07, 6.45) is 6.38. The van der Waals surface area contributed by atoms with Gasteiger partial charge in [-0.25, -0.2) is 9.78 Å². The van der Waals surface area contributed by atoms with Gasteiger partial charge >= 0.3 is 12.1 Å². The monoisotopic (exact) mass is 489 g/mol. The van der Waals surface area contributed by atoms with Gasteiger partial charge in [0.25, 0.3) is 0 Å². The van der Waals surface area contributed by atoms with Crippen LogP contribution in [0.2, 0.25) is 0 Å². The Labute approximate surface area is 212 Å². The van der Waals surface area contributed by atoms with E-state index < -0.39 is 5.97 Å². The maximum absolute atomic E-state index is 12.3. The lowest BCUT2D eigenvalue weighted by atomic mass is 9.88. The molecule has 1 N–H and O–H groups in total. The van der Waals surface area contributed by atoms with E-state index in [1.54, 1.807) is 4.90 Å². The number of nitrogens with zero attached hydrogens (tertiary/aromatic N) is 3. The van der Waals surface area contributed by atoms with Crippen molar-refractivity contribution in [1.29, 1.82) is 0 Å². The number of imidazole rings is 1. The summed E-state index contributed by atoms with van der Waals surface area (Å²) in [6, 6.07) is 12.4. The minimum atomic E-state index is -0.794. The fourth-order valence-corrected chi connectivity index (χ4v) is 6.14. The number of aromatic nitrogens is 2. The molecule has 1 saturated carbocycles. The van der Waals surface area contributed by atoms with E-state index in [1.807, 2.05) is 12.1 Å². The Morgan fingerprint density at radius 2 is 1.92 bits per heavy atom. The van der Waals surface area contributed by atoms with Crippen LogP contribution in [0.3, 0.4) is 0 Å². The average Bonchev–Trinajstić information content (AvgIpc) is 3.27. The zero-order valence-electron chi connectivity index (χ0n) is 21.2. The molecule has 1 fully saturated rings. The number of aliphatic carboxylic acids is 1. The van der Waals surface area contributed by atoms with Crippen molar-refractivity contribution in [1.82, 2.24) is 14.5 Å². The summed E-state index contributed by atoms with van der Waals surface area (Å²) < 4.78 is 7.29. The highest BCUT2D eigenvalue weighted by atomic mass is 16.5. The Kier molecular flexibility index (Phi) is 6.99. The lowest BCUT2D eigenvalue weighted by Gasteiger charge is -2.28. The third-order valence-electron chi connectivity index (χ3n) is 8.01. The SMILES string of the molecule is COC(=O)N1CCc2ccc3c(nc(C4CCCCC4)n3C[C@@H](CC(=O)O)c3ccccc3C)c2C1. The number of hydrogen-bond donors (Lipinski definition) is 1. The summed E-state index contributed by atoms with van der Waals surface area (Å²) in [6.45, 7) is 3.74. The Morgan fingerprint density at radius 1 is 1.14 bits per heavy atom. The number of carbonyl (C=O) groups is 2. The Bertz CT molecular complexity index is 1280. The number of fused-ring (bicyclic) bond motifs is 3. The largest absolute Gasteiger partial charge is 0.481 e. The van der Waals surface area contributed by atoms with Crippen LogP contribution in [-0.4, -0.2) is 45.3 Å². The third-order valence-corrected chi connectivity index (χ3v) is 8.01. The van der Waals surface area contributed by atoms with Crippen LogP contribution in [0.15, 0.2) is 36.4 Å². The molecule has 1 aromatic heterocycles. The number of aryl methyl sites for hydroxylation is 1. The van der Waals surface area contributed by atoms with E-state index in [9.17, 15) is 14.7 Å². The number of ether oxygens (including phenoxy) is 1. The van der Waals surface area contributed by atoms with Crippen LogP contribution in [0.1, 0.15) is 78.4 Å². The summed E-state index contributed by atoms with van der Waals surface area (Å²) in [7, 11) is 1.42. The van der Waals surface area contributed by atoms with Crippen LogP contribution >= 0.6 is 0 Å². The average molecular weight is 490 g/mol. The van der Waals surface area contributed by atoms with E-state index in [0.29, 0.717) is 25.6 Å². The quantitative estimate of drug-likeness (QED) is 0.475. The third kappa shape index (κ3) is 4.71. The van der Waals surface area contributed by atoms with Crippen LogP contribution in [0, 0.1) is 6.92 Å². The molecule has 190 valence electrons. The molecule has 0 saturated heterocycles. The summed E-state index contributed by atoms with van der Waals surface area (Å²) >= 11 is 0. The van der Waals surface area contributed by atoms with E-state index >= 15 is 0 Å². The Morgan fingerprint density at radius 3 is 2.64 bits per heavy atom. The van der Waals surface area contributed by atoms with Crippen molar-refractivity contribution in [3.8, 4) is 0 Å². The van der Waals surface area contributed by atoms with E-state index in [4.69, 9.17) is 9.72 Å². The molecule has 0 spiro atoms. The number of amides is 1. The smallest absolute Gasteiger partial charge is 0.409 e. The second-order valence-corrected chi connectivity index (χ2v) is 10.3. The lowest BCUT2D eigenvalue weighted by molar-refractivity contribution is -0.137. The molecule has 0 radical (unpaired) electrons. The molecule has 36 heavy (non-hydrogen) atoms. The van der Waals surface area contributed by atoms with Gasteiger partial charge in [0.1, 0.15) is 5.82 Å². The summed E-state index contributed by atoms with van der Waals surface area (Å²) in [5.41, 5.74) is 6.48. The van der Waals surface area contributed by atoms with Crippen molar-refractivity contribution >= 4 is 23.1 Å². The normalized spacial score (nSPS) is 17.1. The van der Waals surface area contributed by atoms with Crippen molar-refractivity contribution in [3.63, 3.8) is 0 Å². The van der Waals surface area contributed by atoms with Gasteiger partial charge in [0.2, 0.25) is 0 Å². The van der Waals surface area contributed by atoms with Crippen LogP contribution < -0.4 is 0 Å². The fraction of sp³-hybridized carbons (Fsp3) is 0.483. The van der Waals surface area contributed by atoms with Crippen LogP contribution in [0.4, 0.5) is 4.79 Å². The van der Waals surface area contributed by atoms with Gasteiger partial charge in [-0.3, -0.25) is 4.79 Å². The number of carbonyl (C=O) groups excluding carboxylic acids is 1. The number of methoxy groups -OCH3 is 1. The van der Waals surface area contributed by atoms with Gasteiger partial charge in [-0.1, -0.05) is 49.6 Å². The van der Waals surface area contributed by atoms with Gasteiger partial charge < -0.3 is 19.3 Å². The molecule has 1 aliphatic carbocycles. The molecule has 0 bridgehead atoms. The number of rotatable bonds is 6. The number of hydrogen-bond acceptors (Lipinski definition) is 4. The predicted octanol–water partition coefficient (Wildman–Crippen LogP) is 5.78. The zero-order valence-corrected chi connectivity index (χ0v) is 21.2. The first-order valence-corrected chi connectivity index (χ1v) is 13.1. The topological polar surface area (TPSA) is 84.7 Å². The van der Waals surface area contributed by atoms with Gasteiger partial charge in [-0.2, -0.15) is 0 Å². The van der Waals surface area contributed by atoms with E-state index in [2.05, 4.69) is 35.8 Å². The molecule has 1 atom stereocenters. The van der Waals surface area contributed by atoms with Gasteiger partial charge in [0.15, 0.2) is 0 Å². The Balaban J connectivity index is 1.62. The van der Waals surface area contributed by atoms with Crippen LogP contribution in [0.5, 0.6) is 0 Å². The van der Waals surface area contributed by atoms with E-state index in [0.717, 1.165) is 52.8 Å². The first-order valence-electron chi connectivity index (χ1n) is 13.1. The fourth-order valence-electron chi connectivity index (χ4n) is 6.14. The number of benzene rings is 2. The predicted molar refractivity (Wildman–Crippen MR) is 138 cm³/mol. The molecular weight excluding hydrogens is 454 g/mol. The molecule has 5 rings (SSSR count). The molecule has 3 aromatic rings. The highest BCUT2D eigenvalue weighted by Gasteiger charge is 2.29. The molecule has 2 heterocycles. The first-order chi connectivity index (χ1) is 17.5. The van der Waals surface area contributed by atoms with Crippen molar-refractivity contribution in [2.75, 3.05) is 13.7 Å². The van der Waals surface area contributed by atoms with Gasteiger partial charge in [-0.05, 0) is 48.9 Å². The van der Waals surface area contributed by atoms with Crippen molar-refractivity contribution in [3.05, 3.63) is 64.5 Å². The lowest BCUT2D eigenvalue weighted by Crippen LogP contribution is -2.35.